The molecule has 1 N–H and O–H groups in total. The number of carbonyl (C=O) groups excluding carboxylic acids is 2. The highest BCUT2D eigenvalue weighted by atomic mass is 19.1. The number of fused-ring (bicyclic) bond motifs is 3. The van der Waals surface area contributed by atoms with Gasteiger partial charge in [0.1, 0.15) is 11.6 Å². The van der Waals surface area contributed by atoms with E-state index in [0.29, 0.717) is 31.4 Å². The van der Waals surface area contributed by atoms with E-state index < -0.39 is 0 Å². The third-order valence-corrected chi connectivity index (χ3v) is 6.49. The van der Waals surface area contributed by atoms with Crippen molar-refractivity contribution in [1.29, 1.82) is 0 Å². The van der Waals surface area contributed by atoms with Gasteiger partial charge in [-0.05, 0) is 42.9 Å². The molecule has 7 nitrogen and oxygen atoms in total. The Kier molecular flexibility index (Phi) is 5.83. The molecule has 0 aliphatic carbocycles. The molecule has 0 unspecified atom stereocenters. The predicted octanol–water partition coefficient (Wildman–Crippen LogP) is 2.73. The molecule has 0 bridgehead atoms. The lowest BCUT2D eigenvalue weighted by Crippen LogP contribution is -2.34. The van der Waals surface area contributed by atoms with Gasteiger partial charge in [-0.2, -0.15) is 0 Å². The molecule has 0 radical (unpaired) electrons. The lowest BCUT2D eigenvalue weighted by atomic mass is 9.89. The zero-order chi connectivity index (χ0) is 21.3. The molecule has 0 saturated carbocycles. The van der Waals surface area contributed by atoms with Crippen LogP contribution in [0.15, 0.2) is 24.3 Å². The molecule has 0 spiro atoms. The SMILES string of the molecule is CCC(CC)C(=O)N1C[C@@H]2CCn3c(C(=O)NCc4ccc(F)cc4)nnc3[C@H]2C1. The summed E-state index contributed by atoms with van der Waals surface area (Å²) in [5.74, 6) is 1.32. The van der Waals surface area contributed by atoms with Gasteiger partial charge in [0.15, 0.2) is 0 Å². The molecular weight excluding hydrogens is 385 g/mol. The van der Waals surface area contributed by atoms with Crippen molar-refractivity contribution in [2.45, 2.75) is 52.1 Å². The Balaban J connectivity index is 1.44. The number of nitrogens with one attached hydrogen (secondary N) is 1. The normalized spacial score (nSPS) is 20.2. The van der Waals surface area contributed by atoms with Gasteiger partial charge in [-0.25, -0.2) is 4.39 Å². The molecule has 2 aromatic rings. The van der Waals surface area contributed by atoms with Crippen LogP contribution in [0.1, 0.15) is 61.0 Å². The molecule has 1 aromatic heterocycles. The van der Waals surface area contributed by atoms with Gasteiger partial charge in [0.05, 0.1) is 0 Å². The van der Waals surface area contributed by atoms with E-state index in [0.717, 1.165) is 37.2 Å². The first-order valence-electron chi connectivity index (χ1n) is 10.8. The fraction of sp³-hybridized carbons (Fsp3) is 0.545. The lowest BCUT2D eigenvalue weighted by Gasteiger charge is -2.24. The van der Waals surface area contributed by atoms with Crippen LogP contribution in [0.25, 0.3) is 0 Å². The molecule has 8 heteroatoms. The average Bonchev–Trinajstić information content (AvgIpc) is 3.38. The molecule has 3 heterocycles. The van der Waals surface area contributed by atoms with Gasteiger partial charge >= 0.3 is 0 Å². The van der Waals surface area contributed by atoms with E-state index in [4.69, 9.17) is 0 Å². The Morgan fingerprint density at radius 1 is 1.17 bits per heavy atom. The minimum atomic E-state index is -0.306. The van der Waals surface area contributed by atoms with Gasteiger partial charge in [-0.15, -0.1) is 10.2 Å². The Hall–Kier alpha value is -2.77. The van der Waals surface area contributed by atoms with E-state index >= 15 is 0 Å². The Morgan fingerprint density at radius 2 is 1.90 bits per heavy atom. The van der Waals surface area contributed by atoms with Crippen LogP contribution in [0.2, 0.25) is 0 Å². The quantitative estimate of drug-likeness (QED) is 0.790. The summed E-state index contributed by atoms with van der Waals surface area (Å²) in [4.78, 5) is 27.5. The van der Waals surface area contributed by atoms with Crippen molar-refractivity contribution in [1.82, 2.24) is 25.0 Å². The summed E-state index contributed by atoms with van der Waals surface area (Å²) >= 11 is 0. The summed E-state index contributed by atoms with van der Waals surface area (Å²) in [6, 6.07) is 6.03. The molecule has 4 rings (SSSR count). The maximum absolute atomic E-state index is 13.0. The van der Waals surface area contributed by atoms with E-state index in [1.807, 2.05) is 9.47 Å². The molecular formula is C22H28FN5O2. The summed E-state index contributed by atoms with van der Waals surface area (Å²) < 4.78 is 14.9. The van der Waals surface area contributed by atoms with Crippen LogP contribution in [-0.4, -0.2) is 44.6 Å². The molecule has 160 valence electrons. The maximum atomic E-state index is 13.0. The Bertz CT molecular complexity index is 922. The van der Waals surface area contributed by atoms with Crippen molar-refractivity contribution in [2.24, 2.45) is 11.8 Å². The van der Waals surface area contributed by atoms with Crippen LogP contribution in [0.5, 0.6) is 0 Å². The second-order valence-corrected chi connectivity index (χ2v) is 8.25. The number of likely N-dealkylation sites (tertiary alicyclic amines) is 1. The number of halogens is 1. The molecule has 2 amide bonds. The van der Waals surface area contributed by atoms with Gasteiger partial charge < -0.3 is 14.8 Å². The average molecular weight is 413 g/mol. The summed E-state index contributed by atoms with van der Waals surface area (Å²) in [7, 11) is 0. The summed E-state index contributed by atoms with van der Waals surface area (Å²) in [5.41, 5.74) is 0.814. The van der Waals surface area contributed by atoms with Crippen molar-refractivity contribution < 1.29 is 14.0 Å². The third kappa shape index (κ3) is 3.82. The second kappa shape index (κ2) is 8.53. The van der Waals surface area contributed by atoms with Gasteiger partial charge in [-0.1, -0.05) is 26.0 Å². The lowest BCUT2D eigenvalue weighted by molar-refractivity contribution is -0.134. The number of hydrogen-bond donors (Lipinski definition) is 1. The summed E-state index contributed by atoms with van der Waals surface area (Å²) in [6.07, 6.45) is 2.62. The van der Waals surface area contributed by atoms with Crippen molar-refractivity contribution in [3.8, 4) is 0 Å². The molecule has 1 aromatic carbocycles. The number of rotatable bonds is 6. The van der Waals surface area contributed by atoms with Gasteiger partial charge in [0.2, 0.25) is 11.7 Å². The monoisotopic (exact) mass is 413 g/mol. The van der Waals surface area contributed by atoms with Crippen molar-refractivity contribution in [3.05, 3.63) is 47.3 Å². The first kappa shape index (κ1) is 20.5. The van der Waals surface area contributed by atoms with Crippen LogP contribution in [0.4, 0.5) is 4.39 Å². The minimum absolute atomic E-state index is 0.0795. The van der Waals surface area contributed by atoms with Crippen LogP contribution >= 0.6 is 0 Å². The topological polar surface area (TPSA) is 80.1 Å². The van der Waals surface area contributed by atoms with Crippen molar-refractivity contribution in [3.63, 3.8) is 0 Å². The molecule has 2 atom stereocenters. The van der Waals surface area contributed by atoms with Gasteiger partial charge in [-0.3, -0.25) is 9.59 Å². The molecule has 1 fully saturated rings. The van der Waals surface area contributed by atoms with Crippen molar-refractivity contribution in [2.75, 3.05) is 13.1 Å². The van der Waals surface area contributed by atoms with E-state index in [1.54, 1.807) is 12.1 Å². The number of carbonyl (C=O) groups is 2. The number of nitrogens with zero attached hydrogens (tertiary/aromatic N) is 4. The van der Waals surface area contributed by atoms with E-state index in [9.17, 15) is 14.0 Å². The van der Waals surface area contributed by atoms with E-state index in [1.165, 1.54) is 12.1 Å². The minimum Gasteiger partial charge on any atom is -0.345 e. The first-order chi connectivity index (χ1) is 14.5. The molecule has 2 aliphatic heterocycles. The smallest absolute Gasteiger partial charge is 0.289 e. The summed E-state index contributed by atoms with van der Waals surface area (Å²) in [5, 5.41) is 11.3. The van der Waals surface area contributed by atoms with Crippen LogP contribution in [0, 0.1) is 17.7 Å². The Labute approximate surface area is 175 Å². The van der Waals surface area contributed by atoms with E-state index in [-0.39, 0.29) is 29.5 Å². The largest absolute Gasteiger partial charge is 0.345 e. The number of amides is 2. The first-order valence-corrected chi connectivity index (χ1v) is 10.8. The standard InChI is InChI=1S/C22H28FN5O2/c1-3-15(4-2)22(30)27-12-16-9-10-28-19(18(16)13-27)25-26-20(28)21(29)24-11-14-5-7-17(23)8-6-14/h5-8,15-16,18H,3-4,9-13H2,1-2H3,(H,24,29)/t16-,18-/m0/s1. The highest BCUT2D eigenvalue weighted by Gasteiger charge is 2.43. The Morgan fingerprint density at radius 3 is 2.60 bits per heavy atom. The maximum Gasteiger partial charge on any atom is 0.289 e. The molecule has 30 heavy (non-hydrogen) atoms. The number of hydrogen-bond acceptors (Lipinski definition) is 4. The summed E-state index contributed by atoms with van der Waals surface area (Å²) in [6.45, 7) is 6.50. The predicted molar refractivity (Wildman–Crippen MR) is 109 cm³/mol. The zero-order valence-electron chi connectivity index (χ0n) is 17.5. The van der Waals surface area contributed by atoms with Crippen LogP contribution in [0.3, 0.4) is 0 Å². The van der Waals surface area contributed by atoms with Gasteiger partial charge in [0, 0.05) is 38.0 Å². The van der Waals surface area contributed by atoms with E-state index in [2.05, 4.69) is 29.4 Å². The highest BCUT2D eigenvalue weighted by Crippen LogP contribution is 2.39. The molecule has 2 aliphatic rings. The fourth-order valence-corrected chi connectivity index (χ4v) is 4.67. The van der Waals surface area contributed by atoms with Gasteiger partial charge in [0.25, 0.3) is 5.91 Å². The highest BCUT2D eigenvalue weighted by molar-refractivity contribution is 5.90. The second-order valence-electron chi connectivity index (χ2n) is 8.25. The molecule has 1 saturated heterocycles. The third-order valence-electron chi connectivity index (χ3n) is 6.49. The number of benzene rings is 1. The number of aromatic nitrogens is 3. The van der Waals surface area contributed by atoms with Crippen molar-refractivity contribution >= 4 is 11.8 Å². The zero-order valence-corrected chi connectivity index (χ0v) is 17.5. The van der Waals surface area contributed by atoms with Crippen LogP contribution < -0.4 is 5.32 Å². The van der Waals surface area contributed by atoms with Crippen LogP contribution in [-0.2, 0) is 17.9 Å². The fourth-order valence-electron chi connectivity index (χ4n) is 4.67.